The fraction of sp³-hybridized carbons (Fsp3) is 0.857. The quantitative estimate of drug-likeness (QED) is 0.717. The third-order valence-electron chi connectivity index (χ3n) is 4.13. The van der Waals surface area contributed by atoms with Gasteiger partial charge in [0.1, 0.15) is 6.04 Å². The summed E-state index contributed by atoms with van der Waals surface area (Å²) in [6, 6.07) is -0.221. The molecule has 0 aromatic rings. The first-order valence-electron chi connectivity index (χ1n) is 7.32. The molecule has 1 unspecified atom stereocenters. The smallest absolute Gasteiger partial charge is 0.323 e. The van der Waals surface area contributed by atoms with Crippen molar-refractivity contribution in [2.45, 2.75) is 44.6 Å². The normalized spacial score (nSPS) is 25.1. The van der Waals surface area contributed by atoms with E-state index in [-0.39, 0.29) is 17.9 Å². The Labute approximate surface area is 114 Å². The minimum atomic E-state index is -0.221. The summed E-state index contributed by atoms with van der Waals surface area (Å²) in [7, 11) is 1.41. The molecule has 1 amide bonds. The maximum Gasteiger partial charge on any atom is 0.323 e. The highest BCUT2D eigenvalue weighted by atomic mass is 16.5. The van der Waals surface area contributed by atoms with Crippen LogP contribution in [0.3, 0.4) is 0 Å². The first kappa shape index (κ1) is 14.3. The van der Waals surface area contributed by atoms with E-state index < -0.39 is 0 Å². The third-order valence-corrected chi connectivity index (χ3v) is 4.13. The Morgan fingerprint density at radius 3 is 2.37 bits per heavy atom. The van der Waals surface area contributed by atoms with Crippen molar-refractivity contribution in [2.75, 3.05) is 33.3 Å². The zero-order valence-electron chi connectivity index (χ0n) is 11.8. The number of methoxy groups -OCH3 is 1. The monoisotopic (exact) mass is 268 g/mol. The van der Waals surface area contributed by atoms with E-state index in [2.05, 4.69) is 0 Å². The summed E-state index contributed by atoms with van der Waals surface area (Å²) in [4.78, 5) is 27.9. The molecule has 0 aliphatic carbocycles. The number of likely N-dealkylation sites (tertiary alicyclic amines) is 2. The fourth-order valence-corrected chi connectivity index (χ4v) is 3.01. The van der Waals surface area contributed by atoms with Crippen LogP contribution in [0, 0.1) is 0 Å². The maximum absolute atomic E-state index is 12.3. The maximum atomic E-state index is 12.3. The average molecular weight is 268 g/mol. The molecule has 19 heavy (non-hydrogen) atoms. The number of amides is 1. The molecule has 5 heteroatoms. The summed E-state index contributed by atoms with van der Waals surface area (Å²) < 4.78 is 4.81. The molecule has 2 saturated heterocycles. The molecular weight excluding hydrogens is 244 g/mol. The molecule has 2 aliphatic rings. The molecular formula is C14H24N2O3. The van der Waals surface area contributed by atoms with Crippen LogP contribution in [-0.2, 0) is 14.3 Å². The van der Waals surface area contributed by atoms with E-state index in [1.54, 1.807) is 0 Å². The predicted octanol–water partition coefficient (Wildman–Crippen LogP) is 1.03. The van der Waals surface area contributed by atoms with Crippen LogP contribution in [0.25, 0.3) is 0 Å². The van der Waals surface area contributed by atoms with Crippen LogP contribution in [-0.4, -0.2) is 61.0 Å². The van der Waals surface area contributed by atoms with E-state index >= 15 is 0 Å². The molecule has 0 spiro atoms. The molecule has 108 valence electrons. The molecule has 5 nitrogen and oxygen atoms in total. The first-order chi connectivity index (χ1) is 9.22. The lowest BCUT2D eigenvalue weighted by Gasteiger charge is -2.26. The molecule has 2 rings (SSSR count). The minimum absolute atomic E-state index is 0.165. The van der Waals surface area contributed by atoms with E-state index in [9.17, 15) is 9.59 Å². The van der Waals surface area contributed by atoms with Crippen LogP contribution in [0.5, 0.6) is 0 Å². The molecule has 0 bridgehead atoms. The van der Waals surface area contributed by atoms with E-state index in [1.807, 2.05) is 9.80 Å². The highest BCUT2D eigenvalue weighted by Gasteiger charge is 2.33. The van der Waals surface area contributed by atoms with Crippen molar-refractivity contribution < 1.29 is 14.3 Å². The summed E-state index contributed by atoms with van der Waals surface area (Å²) in [5, 5.41) is 0. The molecule has 0 aromatic carbocycles. The molecule has 0 radical (unpaired) electrons. The lowest BCUT2D eigenvalue weighted by Crippen LogP contribution is -2.45. The van der Waals surface area contributed by atoms with Gasteiger partial charge in [-0.3, -0.25) is 14.5 Å². The largest absolute Gasteiger partial charge is 0.468 e. The number of nitrogens with zero attached hydrogens (tertiary/aromatic N) is 2. The van der Waals surface area contributed by atoms with Gasteiger partial charge in [-0.05, 0) is 32.2 Å². The first-order valence-corrected chi connectivity index (χ1v) is 7.32. The topological polar surface area (TPSA) is 49.9 Å². The Morgan fingerprint density at radius 2 is 1.74 bits per heavy atom. The lowest BCUT2D eigenvalue weighted by molar-refractivity contribution is -0.146. The van der Waals surface area contributed by atoms with Crippen LogP contribution >= 0.6 is 0 Å². The van der Waals surface area contributed by atoms with Crippen molar-refractivity contribution in [3.8, 4) is 0 Å². The zero-order valence-corrected chi connectivity index (χ0v) is 11.8. The molecule has 2 aliphatic heterocycles. The van der Waals surface area contributed by atoms with Gasteiger partial charge >= 0.3 is 5.97 Å². The number of hydrogen-bond acceptors (Lipinski definition) is 4. The lowest BCUT2D eigenvalue weighted by atomic mass is 10.2. The molecule has 2 fully saturated rings. The SMILES string of the molecule is COC(=O)C1CCCN1CC(=O)N1CCCCCC1. The van der Waals surface area contributed by atoms with Gasteiger partial charge in [0.25, 0.3) is 0 Å². The highest BCUT2D eigenvalue weighted by molar-refractivity contribution is 5.81. The van der Waals surface area contributed by atoms with Gasteiger partial charge in [-0.15, -0.1) is 0 Å². The summed E-state index contributed by atoms with van der Waals surface area (Å²) >= 11 is 0. The second-order valence-corrected chi connectivity index (χ2v) is 5.45. The van der Waals surface area contributed by atoms with Gasteiger partial charge in [-0.25, -0.2) is 0 Å². The Morgan fingerprint density at radius 1 is 1.05 bits per heavy atom. The predicted molar refractivity (Wildman–Crippen MR) is 71.7 cm³/mol. The van der Waals surface area contributed by atoms with Gasteiger partial charge in [0.2, 0.25) is 5.91 Å². The summed E-state index contributed by atoms with van der Waals surface area (Å²) in [5.74, 6) is -0.0427. The van der Waals surface area contributed by atoms with Crippen molar-refractivity contribution in [1.29, 1.82) is 0 Å². The third kappa shape index (κ3) is 3.69. The number of ether oxygens (including phenoxy) is 1. The Kier molecular flexibility index (Phi) is 5.19. The van der Waals surface area contributed by atoms with Gasteiger partial charge < -0.3 is 9.64 Å². The number of carbonyl (C=O) groups is 2. The van der Waals surface area contributed by atoms with Crippen LogP contribution in [0.4, 0.5) is 0 Å². The highest BCUT2D eigenvalue weighted by Crippen LogP contribution is 2.19. The molecule has 0 saturated carbocycles. The van der Waals surface area contributed by atoms with E-state index in [4.69, 9.17) is 4.74 Å². The van der Waals surface area contributed by atoms with E-state index in [0.29, 0.717) is 6.54 Å². The molecule has 0 N–H and O–H groups in total. The molecule has 2 heterocycles. The van der Waals surface area contributed by atoms with Gasteiger partial charge in [0.05, 0.1) is 13.7 Å². The number of esters is 1. The van der Waals surface area contributed by atoms with Crippen molar-refractivity contribution in [1.82, 2.24) is 9.80 Å². The number of rotatable bonds is 3. The van der Waals surface area contributed by atoms with E-state index in [0.717, 1.165) is 45.3 Å². The van der Waals surface area contributed by atoms with Crippen molar-refractivity contribution in [2.24, 2.45) is 0 Å². The van der Waals surface area contributed by atoms with Gasteiger partial charge in [0, 0.05) is 13.1 Å². The van der Waals surface area contributed by atoms with Gasteiger partial charge in [-0.2, -0.15) is 0 Å². The number of hydrogen-bond donors (Lipinski definition) is 0. The minimum Gasteiger partial charge on any atom is -0.468 e. The van der Waals surface area contributed by atoms with Crippen LogP contribution in [0.15, 0.2) is 0 Å². The van der Waals surface area contributed by atoms with Crippen molar-refractivity contribution in [3.63, 3.8) is 0 Å². The standard InChI is InChI=1S/C14H24N2O3/c1-19-14(18)12-7-6-10-16(12)11-13(17)15-8-4-2-3-5-9-15/h12H,2-11H2,1H3. The second-order valence-electron chi connectivity index (χ2n) is 5.45. The zero-order chi connectivity index (χ0) is 13.7. The Balaban J connectivity index is 1.88. The number of carbonyl (C=O) groups excluding carboxylic acids is 2. The van der Waals surface area contributed by atoms with Gasteiger partial charge in [-0.1, -0.05) is 12.8 Å². The van der Waals surface area contributed by atoms with Crippen molar-refractivity contribution in [3.05, 3.63) is 0 Å². The summed E-state index contributed by atoms with van der Waals surface area (Å²) in [6.45, 7) is 2.92. The Hall–Kier alpha value is -1.10. The van der Waals surface area contributed by atoms with Crippen LogP contribution in [0.1, 0.15) is 38.5 Å². The summed E-state index contributed by atoms with van der Waals surface area (Å²) in [6.07, 6.45) is 6.42. The molecule has 0 aromatic heterocycles. The fourth-order valence-electron chi connectivity index (χ4n) is 3.01. The second kappa shape index (κ2) is 6.89. The van der Waals surface area contributed by atoms with E-state index in [1.165, 1.54) is 20.0 Å². The molecule has 1 atom stereocenters. The van der Waals surface area contributed by atoms with Crippen LogP contribution < -0.4 is 0 Å². The Bertz CT molecular complexity index is 325. The van der Waals surface area contributed by atoms with Crippen molar-refractivity contribution >= 4 is 11.9 Å². The van der Waals surface area contributed by atoms with Gasteiger partial charge in [0.15, 0.2) is 0 Å². The summed E-state index contributed by atoms with van der Waals surface area (Å²) in [5.41, 5.74) is 0. The van der Waals surface area contributed by atoms with Crippen LogP contribution in [0.2, 0.25) is 0 Å². The average Bonchev–Trinajstić information content (AvgIpc) is 2.71.